The minimum atomic E-state index is -0.582. The molecule has 7 heteroatoms. The van der Waals surface area contributed by atoms with Gasteiger partial charge in [0, 0.05) is 17.5 Å². The lowest BCUT2D eigenvalue weighted by Crippen LogP contribution is -2.26. The molecule has 0 bridgehead atoms. The van der Waals surface area contributed by atoms with E-state index < -0.39 is 11.4 Å². The van der Waals surface area contributed by atoms with Crippen LogP contribution in [0.25, 0.3) is 0 Å². The second-order valence-corrected chi connectivity index (χ2v) is 7.85. The molecule has 0 aliphatic rings. The van der Waals surface area contributed by atoms with E-state index in [0.29, 0.717) is 22.2 Å². The van der Waals surface area contributed by atoms with Crippen LogP contribution in [-0.4, -0.2) is 24.3 Å². The molecule has 0 saturated heterocycles. The Balaban J connectivity index is 1.77. The molecule has 0 spiro atoms. The fraction of sp³-hybridized carbons (Fsp3) is 0.318. The first-order chi connectivity index (χ1) is 13.6. The predicted octanol–water partition coefficient (Wildman–Crippen LogP) is 5.01. The number of para-hydroxylation sites is 1. The number of hydrogen-bond acceptors (Lipinski definition) is 5. The van der Waals surface area contributed by atoms with Crippen LogP contribution in [0.3, 0.4) is 0 Å². The van der Waals surface area contributed by atoms with Gasteiger partial charge < -0.3 is 14.8 Å². The Labute approximate surface area is 175 Å². The molecule has 1 N–H and O–H groups in total. The first-order valence-corrected chi connectivity index (χ1v) is 9.54. The summed E-state index contributed by atoms with van der Waals surface area (Å²) in [5.74, 6) is 0.0251. The highest BCUT2D eigenvalue weighted by Gasteiger charge is 2.22. The number of Topliss-reactive ketones (excluding diaryl/α,β-unsaturated/α-hetero) is 1. The van der Waals surface area contributed by atoms with E-state index in [4.69, 9.17) is 21.1 Å². The maximum atomic E-state index is 12.0. The molecule has 154 valence electrons. The SMILES string of the molecule is CC(C)(C)C(=O)COC(=O)CCC(=O)Nc1ccc(Oc2ccccc2Cl)cc1. The number of carbonyl (C=O) groups excluding carboxylic acids is 3. The van der Waals surface area contributed by atoms with Gasteiger partial charge in [-0.05, 0) is 36.4 Å². The van der Waals surface area contributed by atoms with Crippen LogP contribution in [0.2, 0.25) is 5.02 Å². The van der Waals surface area contributed by atoms with Crippen molar-refractivity contribution < 1.29 is 23.9 Å². The summed E-state index contributed by atoms with van der Waals surface area (Å²) in [4.78, 5) is 35.4. The highest BCUT2D eigenvalue weighted by atomic mass is 35.5. The van der Waals surface area contributed by atoms with Crippen molar-refractivity contribution >= 4 is 34.9 Å². The third-order valence-corrected chi connectivity index (χ3v) is 4.27. The zero-order valence-electron chi connectivity index (χ0n) is 16.7. The molecular weight excluding hydrogens is 394 g/mol. The average Bonchev–Trinajstić information content (AvgIpc) is 2.67. The van der Waals surface area contributed by atoms with E-state index >= 15 is 0 Å². The molecule has 0 fully saturated rings. The second-order valence-electron chi connectivity index (χ2n) is 7.44. The van der Waals surface area contributed by atoms with E-state index in [1.54, 1.807) is 57.2 Å². The first kappa shape index (κ1) is 22.4. The van der Waals surface area contributed by atoms with Gasteiger partial charge in [-0.25, -0.2) is 0 Å². The summed E-state index contributed by atoms with van der Waals surface area (Å²) in [6.07, 6.45) is -0.141. The Kier molecular flexibility index (Phi) is 7.79. The van der Waals surface area contributed by atoms with Crippen molar-refractivity contribution in [3.63, 3.8) is 0 Å². The molecule has 2 aromatic rings. The van der Waals surface area contributed by atoms with Gasteiger partial charge in [0.25, 0.3) is 0 Å². The van der Waals surface area contributed by atoms with Crippen molar-refractivity contribution in [2.24, 2.45) is 5.41 Å². The van der Waals surface area contributed by atoms with Crippen LogP contribution in [-0.2, 0) is 19.1 Å². The molecule has 0 aliphatic heterocycles. The summed E-state index contributed by atoms with van der Waals surface area (Å²) in [7, 11) is 0. The van der Waals surface area contributed by atoms with Gasteiger partial charge in [0.1, 0.15) is 11.5 Å². The van der Waals surface area contributed by atoms with Gasteiger partial charge in [-0.15, -0.1) is 0 Å². The van der Waals surface area contributed by atoms with Crippen molar-refractivity contribution in [3.8, 4) is 11.5 Å². The van der Waals surface area contributed by atoms with Crippen LogP contribution < -0.4 is 10.1 Å². The van der Waals surface area contributed by atoms with Crippen molar-refractivity contribution in [2.75, 3.05) is 11.9 Å². The van der Waals surface area contributed by atoms with Crippen molar-refractivity contribution in [2.45, 2.75) is 33.6 Å². The molecule has 0 radical (unpaired) electrons. The number of anilines is 1. The minimum absolute atomic E-state index is 0.0413. The monoisotopic (exact) mass is 417 g/mol. The van der Waals surface area contributed by atoms with Crippen LogP contribution in [0.1, 0.15) is 33.6 Å². The normalized spacial score (nSPS) is 10.9. The third-order valence-electron chi connectivity index (χ3n) is 3.96. The second kappa shape index (κ2) is 10.1. The molecule has 0 atom stereocenters. The summed E-state index contributed by atoms with van der Waals surface area (Å²) >= 11 is 6.06. The lowest BCUT2D eigenvalue weighted by atomic mass is 9.91. The Morgan fingerprint density at radius 1 is 0.966 bits per heavy atom. The van der Waals surface area contributed by atoms with Gasteiger partial charge in [-0.3, -0.25) is 14.4 Å². The van der Waals surface area contributed by atoms with E-state index in [1.807, 2.05) is 12.1 Å². The van der Waals surface area contributed by atoms with E-state index in [-0.39, 0.29) is 31.1 Å². The van der Waals surface area contributed by atoms with Crippen LogP contribution in [0.5, 0.6) is 11.5 Å². The van der Waals surface area contributed by atoms with Gasteiger partial charge in [0.15, 0.2) is 12.4 Å². The topological polar surface area (TPSA) is 81.7 Å². The minimum Gasteiger partial charge on any atom is -0.458 e. The molecule has 29 heavy (non-hydrogen) atoms. The quantitative estimate of drug-likeness (QED) is 0.610. The number of benzene rings is 2. The Bertz CT molecular complexity index is 872. The molecule has 6 nitrogen and oxygen atoms in total. The number of ketones is 1. The number of hydrogen-bond donors (Lipinski definition) is 1. The molecule has 0 unspecified atom stereocenters. The van der Waals surface area contributed by atoms with Crippen molar-refractivity contribution in [1.82, 2.24) is 0 Å². The van der Waals surface area contributed by atoms with Gasteiger partial charge in [0.2, 0.25) is 5.91 Å². The van der Waals surface area contributed by atoms with Crippen LogP contribution in [0.4, 0.5) is 5.69 Å². The van der Waals surface area contributed by atoms with Gasteiger partial charge in [0.05, 0.1) is 11.4 Å². The van der Waals surface area contributed by atoms with E-state index in [2.05, 4.69) is 5.32 Å². The number of amides is 1. The van der Waals surface area contributed by atoms with Crippen LogP contribution in [0, 0.1) is 5.41 Å². The summed E-state index contributed by atoms with van der Waals surface area (Å²) in [5, 5.41) is 3.19. The fourth-order valence-corrected chi connectivity index (χ4v) is 2.31. The molecule has 0 saturated carbocycles. The lowest BCUT2D eigenvalue weighted by Gasteiger charge is -2.16. The molecular formula is C22H24ClNO5. The third kappa shape index (κ3) is 7.58. The zero-order valence-corrected chi connectivity index (χ0v) is 17.4. The summed E-state index contributed by atoms with van der Waals surface area (Å²) < 4.78 is 10.6. The molecule has 0 heterocycles. The fourth-order valence-electron chi connectivity index (χ4n) is 2.13. The Morgan fingerprint density at radius 2 is 1.62 bits per heavy atom. The Hall–Kier alpha value is -2.86. The number of carbonyl (C=O) groups is 3. The zero-order chi connectivity index (χ0) is 21.4. The molecule has 1 amide bonds. The van der Waals surface area contributed by atoms with E-state index in [9.17, 15) is 14.4 Å². The standard InChI is InChI=1S/C22H24ClNO5/c1-22(2,3)19(25)14-28-21(27)13-12-20(26)24-15-8-10-16(11-9-15)29-18-7-5-4-6-17(18)23/h4-11H,12-14H2,1-3H3,(H,24,26). The highest BCUT2D eigenvalue weighted by molar-refractivity contribution is 6.32. The smallest absolute Gasteiger partial charge is 0.306 e. The maximum Gasteiger partial charge on any atom is 0.306 e. The van der Waals surface area contributed by atoms with Crippen molar-refractivity contribution in [3.05, 3.63) is 53.6 Å². The number of rotatable bonds is 8. The lowest BCUT2D eigenvalue weighted by molar-refractivity contribution is -0.150. The number of ether oxygens (including phenoxy) is 2. The van der Waals surface area contributed by atoms with Crippen LogP contribution in [0.15, 0.2) is 48.5 Å². The molecule has 2 aromatic carbocycles. The predicted molar refractivity (Wildman–Crippen MR) is 111 cm³/mol. The molecule has 0 aromatic heterocycles. The van der Waals surface area contributed by atoms with Gasteiger partial charge in [-0.1, -0.05) is 44.5 Å². The highest BCUT2D eigenvalue weighted by Crippen LogP contribution is 2.29. The number of halogens is 1. The maximum absolute atomic E-state index is 12.0. The van der Waals surface area contributed by atoms with Crippen LogP contribution >= 0.6 is 11.6 Å². The molecule has 2 rings (SSSR count). The first-order valence-electron chi connectivity index (χ1n) is 9.16. The van der Waals surface area contributed by atoms with Crippen molar-refractivity contribution in [1.29, 1.82) is 0 Å². The van der Waals surface area contributed by atoms with E-state index in [1.165, 1.54) is 0 Å². The summed E-state index contributed by atoms with van der Waals surface area (Å²) in [5.41, 5.74) is -0.00267. The summed E-state index contributed by atoms with van der Waals surface area (Å²) in [6, 6.07) is 13.9. The Morgan fingerprint density at radius 3 is 2.24 bits per heavy atom. The number of nitrogens with one attached hydrogen (secondary N) is 1. The average molecular weight is 418 g/mol. The van der Waals surface area contributed by atoms with Gasteiger partial charge >= 0.3 is 5.97 Å². The largest absolute Gasteiger partial charge is 0.458 e. The van der Waals surface area contributed by atoms with Gasteiger partial charge in [-0.2, -0.15) is 0 Å². The van der Waals surface area contributed by atoms with E-state index in [0.717, 1.165) is 0 Å². The molecule has 0 aliphatic carbocycles. The summed E-state index contributed by atoms with van der Waals surface area (Å²) in [6.45, 7) is 4.97. The number of esters is 1.